The molecule has 1 amide bonds. The summed E-state index contributed by atoms with van der Waals surface area (Å²) in [6.07, 6.45) is 25.6. The van der Waals surface area contributed by atoms with E-state index in [0.717, 1.165) is 43.4 Å². The Kier molecular flexibility index (Phi) is 16.1. The highest BCUT2D eigenvalue weighted by atomic mass is 16.5. The van der Waals surface area contributed by atoms with Gasteiger partial charge < -0.3 is 10.1 Å². The summed E-state index contributed by atoms with van der Waals surface area (Å²) < 4.78 is 5.20. The number of hydrogen-bond donors (Lipinski definition) is 1. The average molecular weight is 412 g/mol. The number of nitrogens with one attached hydrogen (secondary N) is 1. The first-order valence-corrected chi connectivity index (χ1v) is 11.6. The van der Waals surface area contributed by atoms with Gasteiger partial charge in [-0.3, -0.25) is 4.79 Å². The van der Waals surface area contributed by atoms with Gasteiger partial charge >= 0.3 is 0 Å². The lowest BCUT2D eigenvalue weighted by Gasteiger charge is -2.07. The number of methoxy groups -OCH3 is 1. The third-order valence-corrected chi connectivity index (χ3v) is 4.93. The zero-order valence-corrected chi connectivity index (χ0v) is 19.1. The highest BCUT2D eigenvalue weighted by molar-refractivity contribution is 5.75. The molecule has 0 bridgehead atoms. The van der Waals surface area contributed by atoms with Gasteiger partial charge in [-0.1, -0.05) is 81.2 Å². The van der Waals surface area contributed by atoms with Crippen molar-refractivity contribution in [2.24, 2.45) is 0 Å². The monoisotopic (exact) mass is 411 g/mol. The van der Waals surface area contributed by atoms with Gasteiger partial charge in [-0.25, -0.2) is 0 Å². The highest BCUT2D eigenvalue weighted by Crippen LogP contribution is 2.12. The van der Waals surface area contributed by atoms with Crippen LogP contribution in [-0.4, -0.2) is 13.0 Å². The van der Waals surface area contributed by atoms with Gasteiger partial charge in [0, 0.05) is 13.0 Å². The molecule has 30 heavy (non-hydrogen) atoms. The van der Waals surface area contributed by atoms with Crippen LogP contribution in [-0.2, 0) is 11.3 Å². The summed E-state index contributed by atoms with van der Waals surface area (Å²) in [4.78, 5) is 12.0. The lowest BCUT2D eigenvalue weighted by atomic mass is 10.1. The third kappa shape index (κ3) is 14.7. The van der Waals surface area contributed by atoms with E-state index in [1.54, 1.807) is 7.11 Å². The van der Waals surface area contributed by atoms with Crippen LogP contribution in [0.2, 0.25) is 0 Å². The molecule has 0 radical (unpaired) electrons. The van der Waals surface area contributed by atoms with Gasteiger partial charge in [0.1, 0.15) is 5.75 Å². The van der Waals surface area contributed by atoms with Crippen LogP contribution in [0.15, 0.2) is 60.7 Å². The molecule has 3 heteroatoms. The number of amides is 1. The van der Waals surface area contributed by atoms with Crippen molar-refractivity contribution in [3.63, 3.8) is 0 Å². The van der Waals surface area contributed by atoms with Crippen molar-refractivity contribution in [2.75, 3.05) is 7.11 Å². The van der Waals surface area contributed by atoms with Gasteiger partial charge in [0.05, 0.1) is 7.11 Å². The maximum Gasteiger partial charge on any atom is 0.220 e. The van der Waals surface area contributed by atoms with Crippen molar-refractivity contribution >= 4 is 5.91 Å². The van der Waals surface area contributed by atoms with E-state index in [-0.39, 0.29) is 5.91 Å². The minimum Gasteiger partial charge on any atom is -0.497 e. The standard InChI is InChI=1S/C27H41NO2/c1-3-4-5-6-7-8-9-10-11-12-13-14-15-16-17-18-22-27(29)28-24-25-20-19-21-26(23-25)30-2/h4-5,7-8,10-11,19-21,23H,3,6,9,12-18,22,24H2,1-2H3,(H,28,29)/b5-4-,8-7-,11-10-. The molecule has 0 fully saturated rings. The molecule has 0 aliphatic heterocycles. The maximum absolute atomic E-state index is 12.0. The zero-order chi connectivity index (χ0) is 21.7. The highest BCUT2D eigenvalue weighted by Gasteiger charge is 2.02. The van der Waals surface area contributed by atoms with E-state index in [0.29, 0.717) is 13.0 Å². The molecule has 0 unspecified atom stereocenters. The summed E-state index contributed by atoms with van der Waals surface area (Å²) in [6.45, 7) is 2.73. The average Bonchev–Trinajstić information content (AvgIpc) is 2.77. The largest absolute Gasteiger partial charge is 0.497 e. The van der Waals surface area contributed by atoms with Gasteiger partial charge in [-0.15, -0.1) is 0 Å². The zero-order valence-electron chi connectivity index (χ0n) is 19.1. The van der Waals surface area contributed by atoms with E-state index in [4.69, 9.17) is 4.74 Å². The smallest absolute Gasteiger partial charge is 0.220 e. The molecule has 1 aromatic carbocycles. The van der Waals surface area contributed by atoms with E-state index in [2.05, 4.69) is 48.7 Å². The second kappa shape index (κ2) is 18.7. The number of allylic oxidation sites excluding steroid dienone is 6. The number of unbranched alkanes of at least 4 members (excludes halogenated alkanes) is 6. The molecule has 3 nitrogen and oxygen atoms in total. The Morgan fingerprint density at radius 3 is 2.30 bits per heavy atom. The summed E-state index contributed by atoms with van der Waals surface area (Å²) in [6, 6.07) is 7.81. The predicted octanol–water partition coefficient (Wildman–Crippen LogP) is 7.29. The Bertz CT molecular complexity index is 646. The van der Waals surface area contributed by atoms with Crippen molar-refractivity contribution in [1.29, 1.82) is 0 Å². The second-order valence-corrected chi connectivity index (χ2v) is 7.58. The molecule has 1 N–H and O–H groups in total. The molecule has 0 heterocycles. The molecule has 166 valence electrons. The number of carbonyl (C=O) groups is 1. The molecule has 0 aliphatic rings. The topological polar surface area (TPSA) is 38.3 Å². The van der Waals surface area contributed by atoms with Crippen LogP contribution in [0.1, 0.15) is 83.1 Å². The fraction of sp³-hybridized carbons (Fsp3) is 0.519. The van der Waals surface area contributed by atoms with Crippen LogP contribution in [0.25, 0.3) is 0 Å². The molecule has 0 saturated heterocycles. The van der Waals surface area contributed by atoms with Gasteiger partial charge in [0.25, 0.3) is 0 Å². The van der Waals surface area contributed by atoms with Crippen LogP contribution >= 0.6 is 0 Å². The fourth-order valence-corrected chi connectivity index (χ4v) is 3.15. The molecule has 0 atom stereocenters. The summed E-state index contributed by atoms with van der Waals surface area (Å²) in [5.41, 5.74) is 1.07. The predicted molar refractivity (Wildman–Crippen MR) is 129 cm³/mol. The van der Waals surface area contributed by atoms with Crippen molar-refractivity contribution in [3.05, 3.63) is 66.3 Å². The fourth-order valence-electron chi connectivity index (χ4n) is 3.15. The van der Waals surface area contributed by atoms with Crippen LogP contribution < -0.4 is 10.1 Å². The van der Waals surface area contributed by atoms with E-state index in [1.807, 2.05) is 24.3 Å². The second-order valence-electron chi connectivity index (χ2n) is 7.58. The van der Waals surface area contributed by atoms with Crippen molar-refractivity contribution in [3.8, 4) is 5.75 Å². The minimum absolute atomic E-state index is 0.137. The Balaban J connectivity index is 1.91. The molecule has 0 saturated carbocycles. The van der Waals surface area contributed by atoms with Gasteiger partial charge in [-0.05, 0) is 56.2 Å². The normalized spacial score (nSPS) is 11.7. The first kappa shape index (κ1) is 25.7. The SMILES string of the molecule is CC/C=C\C/C=C\C/C=C\CCCCCCCCC(=O)NCc1cccc(OC)c1. The number of rotatable bonds is 17. The van der Waals surface area contributed by atoms with Crippen molar-refractivity contribution in [2.45, 2.75) is 84.1 Å². The van der Waals surface area contributed by atoms with Crippen molar-refractivity contribution < 1.29 is 9.53 Å². The molecular weight excluding hydrogens is 370 g/mol. The number of hydrogen-bond acceptors (Lipinski definition) is 2. The van der Waals surface area contributed by atoms with E-state index in [1.165, 1.54) is 32.1 Å². The Morgan fingerprint density at radius 1 is 0.900 bits per heavy atom. The minimum atomic E-state index is 0.137. The van der Waals surface area contributed by atoms with Crippen LogP contribution in [0.5, 0.6) is 5.75 Å². The third-order valence-electron chi connectivity index (χ3n) is 4.93. The Labute approximate surface area is 184 Å². The molecule has 0 aromatic heterocycles. The van der Waals surface area contributed by atoms with Gasteiger partial charge in [0.15, 0.2) is 0 Å². The summed E-state index contributed by atoms with van der Waals surface area (Å²) in [7, 11) is 1.65. The summed E-state index contributed by atoms with van der Waals surface area (Å²) in [5, 5.41) is 2.99. The molecule has 0 aliphatic carbocycles. The van der Waals surface area contributed by atoms with Gasteiger partial charge in [-0.2, -0.15) is 0 Å². The van der Waals surface area contributed by atoms with E-state index in [9.17, 15) is 4.79 Å². The number of benzene rings is 1. The molecular formula is C27H41NO2. The van der Waals surface area contributed by atoms with Gasteiger partial charge in [0.2, 0.25) is 5.91 Å². The van der Waals surface area contributed by atoms with Crippen LogP contribution in [0, 0.1) is 0 Å². The number of ether oxygens (including phenoxy) is 1. The molecule has 1 aromatic rings. The Hall–Kier alpha value is -2.29. The van der Waals surface area contributed by atoms with Crippen molar-refractivity contribution in [1.82, 2.24) is 5.32 Å². The molecule has 0 spiro atoms. The maximum atomic E-state index is 12.0. The lowest BCUT2D eigenvalue weighted by Crippen LogP contribution is -2.22. The van der Waals surface area contributed by atoms with Crippen LogP contribution in [0.3, 0.4) is 0 Å². The van der Waals surface area contributed by atoms with E-state index >= 15 is 0 Å². The van der Waals surface area contributed by atoms with E-state index < -0.39 is 0 Å². The number of carbonyl (C=O) groups excluding carboxylic acids is 1. The lowest BCUT2D eigenvalue weighted by molar-refractivity contribution is -0.121. The first-order valence-electron chi connectivity index (χ1n) is 11.6. The first-order chi connectivity index (χ1) is 14.8. The molecule has 1 rings (SSSR count). The quantitative estimate of drug-likeness (QED) is 0.216. The summed E-state index contributed by atoms with van der Waals surface area (Å²) >= 11 is 0. The Morgan fingerprint density at radius 2 is 1.57 bits per heavy atom. The van der Waals surface area contributed by atoms with Crippen LogP contribution in [0.4, 0.5) is 0 Å². The summed E-state index contributed by atoms with van der Waals surface area (Å²) in [5.74, 6) is 0.961.